The Hall–Kier alpha value is -3.43. The molecule has 166 valence electrons. The van der Waals surface area contributed by atoms with Gasteiger partial charge in [0.05, 0.1) is 17.1 Å². The van der Waals surface area contributed by atoms with Gasteiger partial charge in [-0.1, -0.05) is 86.1 Å². The first-order valence-electron chi connectivity index (χ1n) is 11.2. The van der Waals surface area contributed by atoms with Gasteiger partial charge in [-0.3, -0.25) is 0 Å². The lowest BCUT2D eigenvalue weighted by Gasteiger charge is -2.25. The van der Waals surface area contributed by atoms with Gasteiger partial charge >= 0.3 is 0 Å². The molecule has 0 radical (unpaired) electrons. The highest BCUT2D eigenvalue weighted by molar-refractivity contribution is 6.30. The molecule has 4 aromatic carbocycles. The van der Waals surface area contributed by atoms with Crippen molar-refractivity contribution in [2.75, 3.05) is 17.2 Å². The summed E-state index contributed by atoms with van der Waals surface area (Å²) in [6.07, 6.45) is 0. The van der Waals surface area contributed by atoms with E-state index in [9.17, 15) is 0 Å². The van der Waals surface area contributed by atoms with Crippen LogP contribution in [0.25, 0.3) is 11.1 Å². The van der Waals surface area contributed by atoms with Gasteiger partial charge in [0.2, 0.25) is 0 Å². The lowest BCUT2D eigenvalue weighted by molar-refractivity contribution is 0.307. The molecule has 0 fully saturated rings. The molecule has 0 aromatic heterocycles. The molecular weight excluding hydrogens is 428 g/mol. The highest BCUT2D eigenvalue weighted by atomic mass is 35.5. The summed E-state index contributed by atoms with van der Waals surface area (Å²) in [6.45, 7) is 5.88. The minimum atomic E-state index is -0.112. The zero-order valence-electron chi connectivity index (χ0n) is 18.9. The molecule has 33 heavy (non-hydrogen) atoms. The van der Waals surface area contributed by atoms with Gasteiger partial charge in [0.1, 0.15) is 12.4 Å². The topological polar surface area (TPSA) is 38.5 Å². The van der Waals surface area contributed by atoms with Crippen molar-refractivity contribution in [1.29, 1.82) is 0 Å². The van der Waals surface area contributed by atoms with E-state index in [1.54, 1.807) is 0 Å². The molecule has 0 unspecified atom stereocenters. The molecule has 0 atom stereocenters. The van der Waals surface area contributed by atoms with Gasteiger partial charge in [-0.05, 0) is 52.6 Å². The van der Waals surface area contributed by atoms with E-state index in [1.165, 1.54) is 11.1 Å². The van der Waals surface area contributed by atoms with Crippen LogP contribution in [0.4, 0.5) is 17.1 Å². The highest BCUT2D eigenvalue weighted by Crippen LogP contribution is 2.53. The lowest BCUT2D eigenvalue weighted by atomic mass is 9.81. The number of hydrogen-bond donors (Lipinski definition) is 1. The maximum absolute atomic E-state index is 6.43. The Bertz CT molecular complexity index is 1280. The standard InChI is InChI=1S/C29H27ClN2O/c1-29(2)19-32(25-11-7-6-10-24(25)31)28-26(33-18-20-8-4-3-5-9-20)17-16-23(27(28)29)21-12-14-22(30)15-13-21/h3-17H,18-19,31H2,1-2H3. The number of benzene rings is 4. The van der Waals surface area contributed by atoms with E-state index in [1.807, 2.05) is 48.5 Å². The number of fused-ring (bicyclic) bond motifs is 1. The monoisotopic (exact) mass is 454 g/mol. The Labute approximate surface area is 200 Å². The van der Waals surface area contributed by atoms with Crippen LogP contribution in [0.15, 0.2) is 91.0 Å². The summed E-state index contributed by atoms with van der Waals surface area (Å²) < 4.78 is 6.43. The van der Waals surface area contributed by atoms with Crippen molar-refractivity contribution in [2.24, 2.45) is 0 Å². The summed E-state index contributed by atoms with van der Waals surface area (Å²) in [7, 11) is 0. The molecule has 2 N–H and O–H groups in total. The van der Waals surface area contributed by atoms with Crippen molar-refractivity contribution in [3.8, 4) is 16.9 Å². The van der Waals surface area contributed by atoms with Crippen molar-refractivity contribution >= 4 is 28.7 Å². The zero-order chi connectivity index (χ0) is 23.0. The molecule has 0 aliphatic carbocycles. The number of ether oxygens (including phenoxy) is 1. The van der Waals surface area contributed by atoms with Crippen LogP contribution in [0.1, 0.15) is 25.0 Å². The fourth-order valence-corrected chi connectivity index (χ4v) is 4.87. The number of anilines is 3. The van der Waals surface area contributed by atoms with Crippen molar-refractivity contribution < 1.29 is 4.74 Å². The number of halogens is 1. The maximum atomic E-state index is 6.43. The van der Waals surface area contributed by atoms with Gasteiger partial charge in [-0.25, -0.2) is 0 Å². The molecule has 4 heteroatoms. The minimum absolute atomic E-state index is 0.112. The van der Waals surface area contributed by atoms with Gasteiger partial charge < -0.3 is 15.4 Å². The SMILES string of the molecule is CC1(C)CN(c2ccccc2N)c2c(OCc3ccccc3)ccc(-c3ccc(Cl)cc3)c21. The number of hydrogen-bond acceptors (Lipinski definition) is 3. The molecule has 1 aliphatic heterocycles. The van der Waals surface area contributed by atoms with Crippen molar-refractivity contribution in [3.05, 3.63) is 107 Å². The van der Waals surface area contributed by atoms with Crippen molar-refractivity contribution in [2.45, 2.75) is 25.9 Å². The van der Waals surface area contributed by atoms with E-state index >= 15 is 0 Å². The Kier molecular flexibility index (Phi) is 5.51. The van der Waals surface area contributed by atoms with Crippen LogP contribution in [-0.4, -0.2) is 6.54 Å². The Morgan fingerprint density at radius 2 is 1.58 bits per heavy atom. The van der Waals surface area contributed by atoms with E-state index in [0.29, 0.717) is 6.61 Å². The Morgan fingerprint density at radius 1 is 0.879 bits per heavy atom. The lowest BCUT2D eigenvalue weighted by Crippen LogP contribution is -2.25. The van der Waals surface area contributed by atoms with E-state index in [2.05, 4.69) is 61.2 Å². The molecule has 0 saturated heterocycles. The number of nitrogens with zero attached hydrogens (tertiary/aromatic N) is 1. The second-order valence-corrected chi connectivity index (χ2v) is 9.58. The number of nitrogen functional groups attached to an aromatic ring is 1. The maximum Gasteiger partial charge on any atom is 0.143 e. The summed E-state index contributed by atoms with van der Waals surface area (Å²) in [4.78, 5) is 2.31. The second-order valence-electron chi connectivity index (χ2n) is 9.14. The molecule has 5 rings (SSSR count). The number of para-hydroxylation sites is 2. The molecule has 0 amide bonds. The first kappa shape index (κ1) is 21.4. The smallest absolute Gasteiger partial charge is 0.143 e. The Balaban J connectivity index is 1.68. The molecule has 0 bridgehead atoms. The fourth-order valence-electron chi connectivity index (χ4n) is 4.74. The number of rotatable bonds is 5. The summed E-state index contributed by atoms with van der Waals surface area (Å²) in [5.41, 5.74) is 13.9. The van der Waals surface area contributed by atoms with Gasteiger partial charge in [-0.15, -0.1) is 0 Å². The zero-order valence-corrected chi connectivity index (χ0v) is 19.6. The van der Waals surface area contributed by atoms with Crippen LogP contribution >= 0.6 is 11.6 Å². The Morgan fingerprint density at radius 3 is 2.30 bits per heavy atom. The summed E-state index contributed by atoms with van der Waals surface area (Å²) >= 11 is 6.18. The predicted octanol–water partition coefficient (Wildman–Crippen LogP) is 7.60. The normalized spacial score (nSPS) is 14.2. The molecule has 0 saturated carbocycles. The molecule has 4 aromatic rings. The van der Waals surface area contributed by atoms with Crippen LogP contribution in [0.2, 0.25) is 5.02 Å². The predicted molar refractivity (Wildman–Crippen MR) is 139 cm³/mol. The van der Waals surface area contributed by atoms with Gasteiger partial charge in [0.15, 0.2) is 0 Å². The van der Waals surface area contributed by atoms with E-state index < -0.39 is 0 Å². The quantitative estimate of drug-likeness (QED) is 0.315. The first-order chi connectivity index (χ1) is 15.9. The molecule has 3 nitrogen and oxygen atoms in total. The largest absolute Gasteiger partial charge is 0.487 e. The summed E-state index contributed by atoms with van der Waals surface area (Å²) in [5, 5.41) is 0.733. The average molecular weight is 455 g/mol. The third-order valence-corrected chi connectivity index (χ3v) is 6.51. The number of nitrogens with two attached hydrogens (primary N) is 1. The van der Waals surface area contributed by atoms with E-state index in [-0.39, 0.29) is 5.41 Å². The van der Waals surface area contributed by atoms with Crippen LogP contribution in [0.3, 0.4) is 0 Å². The summed E-state index contributed by atoms with van der Waals surface area (Å²) in [6, 6.07) is 30.6. The van der Waals surface area contributed by atoms with Crippen LogP contribution in [0, 0.1) is 0 Å². The van der Waals surface area contributed by atoms with Gasteiger partial charge in [0, 0.05) is 17.0 Å². The average Bonchev–Trinajstić information content (AvgIpc) is 3.11. The third-order valence-electron chi connectivity index (χ3n) is 6.26. The van der Waals surface area contributed by atoms with Crippen molar-refractivity contribution in [3.63, 3.8) is 0 Å². The van der Waals surface area contributed by atoms with Crippen LogP contribution in [-0.2, 0) is 12.0 Å². The summed E-state index contributed by atoms with van der Waals surface area (Å²) in [5.74, 6) is 0.861. The van der Waals surface area contributed by atoms with Crippen molar-refractivity contribution in [1.82, 2.24) is 0 Å². The van der Waals surface area contributed by atoms with Gasteiger partial charge in [0.25, 0.3) is 0 Å². The first-order valence-corrected chi connectivity index (χ1v) is 11.5. The minimum Gasteiger partial charge on any atom is -0.487 e. The fraction of sp³-hybridized carbons (Fsp3) is 0.172. The van der Waals surface area contributed by atoms with E-state index in [4.69, 9.17) is 22.1 Å². The molecular formula is C29H27ClN2O. The molecule has 1 aliphatic rings. The van der Waals surface area contributed by atoms with Crippen LogP contribution in [0.5, 0.6) is 5.75 Å². The third kappa shape index (κ3) is 4.05. The van der Waals surface area contributed by atoms with Crippen LogP contribution < -0.4 is 15.4 Å². The van der Waals surface area contributed by atoms with E-state index in [0.717, 1.165) is 45.5 Å². The highest BCUT2D eigenvalue weighted by Gasteiger charge is 2.40. The molecule has 1 heterocycles. The second kappa shape index (κ2) is 8.49. The molecule has 0 spiro atoms. The van der Waals surface area contributed by atoms with Gasteiger partial charge in [-0.2, -0.15) is 0 Å².